The molecule has 0 spiro atoms. The Bertz CT molecular complexity index is 896. The fraction of sp³-hybridized carbons (Fsp3) is 0.300. The van der Waals surface area contributed by atoms with Crippen molar-refractivity contribution in [2.45, 2.75) is 12.8 Å². The number of nitrogens with zero attached hydrogens (tertiary/aromatic N) is 1. The van der Waals surface area contributed by atoms with Crippen LogP contribution in [0.2, 0.25) is 15.1 Å². The van der Waals surface area contributed by atoms with E-state index in [1.165, 1.54) is 7.11 Å². The molecule has 1 heterocycles. The van der Waals surface area contributed by atoms with Crippen molar-refractivity contribution in [1.29, 1.82) is 0 Å². The molecule has 0 radical (unpaired) electrons. The van der Waals surface area contributed by atoms with Gasteiger partial charge < -0.3 is 15.0 Å². The van der Waals surface area contributed by atoms with Gasteiger partial charge in [-0.3, -0.25) is 9.59 Å². The zero-order valence-corrected chi connectivity index (χ0v) is 17.4. The van der Waals surface area contributed by atoms with E-state index in [1.54, 1.807) is 41.3 Å². The minimum atomic E-state index is -0.208. The summed E-state index contributed by atoms with van der Waals surface area (Å²) in [5.41, 5.74) is 0.907. The van der Waals surface area contributed by atoms with Gasteiger partial charge in [0.25, 0.3) is 5.91 Å². The van der Waals surface area contributed by atoms with Crippen LogP contribution in [0.4, 0.5) is 5.69 Å². The van der Waals surface area contributed by atoms with E-state index >= 15 is 0 Å². The van der Waals surface area contributed by atoms with Crippen LogP contribution in [0.5, 0.6) is 5.75 Å². The van der Waals surface area contributed by atoms with E-state index in [0.29, 0.717) is 58.0 Å². The molecular formula is C20H19Cl3N2O3. The molecule has 8 heteroatoms. The molecule has 1 fully saturated rings. The number of benzene rings is 2. The molecule has 2 aromatic rings. The van der Waals surface area contributed by atoms with Crippen molar-refractivity contribution < 1.29 is 14.3 Å². The lowest BCUT2D eigenvalue weighted by molar-refractivity contribution is -0.121. The number of amides is 2. The summed E-state index contributed by atoms with van der Waals surface area (Å²) in [6.07, 6.45) is 1.11. The Morgan fingerprint density at radius 3 is 2.36 bits per heavy atom. The van der Waals surface area contributed by atoms with Gasteiger partial charge in [0.05, 0.1) is 23.4 Å². The summed E-state index contributed by atoms with van der Waals surface area (Å²) in [4.78, 5) is 27.1. The number of likely N-dealkylation sites (tertiary alicyclic amines) is 1. The molecule has 2 aromatic carbocycles. The topological polar surface area (TPSA) is 58.6 Å². The fourth-order valence-corrected chi connectivity index (χ4v) is 3.70. The Balaban J connectivity index is 1.62. The number of hydrogen-bond donors (Lipinski definition) is 1. The summed E-state index contributed by atoms with van der Waals surface area (Å²) < 4.78 is 5.27. The van der Waals surface area contributed by atoms with Crippen LogP contribution in [0.3, 0.4) is 0 Å². The number of carbonyl (C=O) groups is 2. The van der Waals surface area contributed by atoms with Gasteiger partial charge in [0.2, 0.25) is 5.91 Å². The maximum absolute atomic E-state index is 12.8. The number of piperidine rings is 1. The summed E-state index contributed by atoms with van der Waals surface area (Å²) >= 11 is 18.1. The monoisotopic (exact) mass is 440 g/mol. The van der Waals surface area contributed by atoms with Gasteiger partial charge in [-0.05, 0) is 49.2 Å². The third-order valence-corrected chi connectivity index (χ3v) is 5.53. The van der Waals surface area contributed by atoms with Gasteiger partial charge in [0.1, 0.15) is 5.75 Å². The standard InChI is InChI=1S/C20H19Cl3N2O3/c1-28-18-5-3-13(21)10-15(18)20(27)25-8-6-12(7-9-25)19(26)24-17-11-14(22)2-4-16(17)23/h2-5,10-12H,6-9H2,1H3,(H,24,26). The number of nitrogens with one attached hydrogen (secondary N) is 1. The van der Waals surface area contributed by atoms with Crippen molar-refractivity contribution >= 4 is 52.3 Å². The molecule has 1 N–H and O–H groups in total. The Morgan fingerprint density at radius 1 is 1.04 bits per heavy atom. The highest BCUT2D eigenvalue weighted by molar-refractivity contribution is 6.35. The number of rotatable bonds is 4. The summed E-state index contributed by atoms with van der Waals surface area (Å²) in [5, 5.41) is 4.22. The maximum atomic E-state index is 12.8. The fourth-order valence-electron chi connectivity index (χ4n) is 3.19. The molecule has 0 bridgehead atoms. The first kappa shape index (κ1) is 20.8. The van der Waals surface area contributed by atoms with Gasteiger partial charge in [-0.15, -0.1) is 0 Å². The molecule has 3 rings (SSSR count). The molecule has 1 saturated heterocycles. The van der Waals surface area contributed by atoms with Crippen molar-refractivity contribution in [2.75, 3.05) is 25.5 Å². The second-order valence-corrected chi connectivity index (χ2v) is 7.80. The predicted molar refractivity (Wildman–Crippen MR) is 112 cm³/mol. The second kappa shape index (κ2) is 9.03. The molecule has 0 aromatic heterocycles. The Morgan fingerprint density at radius 2 is 1.68 bits per heavy atom. The molecule has 1 aliphatic heterocycles. The molecule has 0 saturated carbocycles. The average molecular weight is 442 g/mol. The number of ether oxygens (including phenoxy) is 1. The molecule has 5 nitrogen and oxygen atoms in total. The average Bonchev–Trinajstić information content (AvgIpc) is 2.70. The molecule has 0 atom stereocenters. The van der Waals surface area contributed by atoms with Crippen LogP contribution < -0.4 is 10.1 Å². The first-order chi connectivity index (χ1) is 13.4. The van der Waals surface area contributed by atoms with Gasteiger partial charge in [-0.1, -0.05) is 34.8 Å². The number of halogens is 3. The van der Waals surface area contributed by atoms with Crippen LogP contribution in [0.1, 0.15) is 23.2 Å². The summed E-state index contributed by atoms with van der Waals surface area (Å²) in [6.45, 7) is 0.936. The highest BCUT2D eigenvalue weighted by Crippen LogP contribution is 2.29. The van der Waals surface area contributed by atoms with Crippen molar-refractivity contribution in [3.63, 3.8) is 0 Å². The van der Waals surface area contributed by atoms with Gasteiger partial charge in [0, 0.05) is 29.1 Å². The van der Waals surface area contributed by atoms with E-state index in [2.05, 4.69) is 5.32 Å². The SMILES string of the molecule is COc1ccc(Cl)cc1C(=O)N1CCC(C(=O)Nc2cc(Cl)ccc2Cl)CC1. The van der Waals surface area contributed by atoms with E-state index in [1.807, 2.05) is 0 Å². The quantitative estimate of drug-likeness (QED) is 0.714. The highest BCUT2D eigenvalue weighted by atomic mass is 35.5. The largest absolute Gasteiger partial charge is 0.496 e. The summed E-state index contributed by atoms with van der Waals surface area (Å²) in [6, 6.07) is 9.86. The van der Waals surface area contributed by atoms with Crippen molar-refractivity contribution in [3.05, 3.63) is 57.0 Å². The van der Waals surface area contributed by atoms with Gasteiger partial charge >= 0.3 is 0 Å². The molecular weight excluding hydrogens is 423 g/mol. The lowest BCUT2D eigenvalue weighted by Gasteiger charge is -2.31. The van der Waals surface area contributed by atoms with E-state index < -0.39 is 0 Å². The summed E-state index contributed by atoms with van der Waals surface area (Å²) in [7, 11) is 1.51. The molecule has 2 amide bonds. The highest BCUT2D eigenvalue weighted by Gasteiger charge is 2.29. The van der Waals surface area contributed by atoms with Gasteiger partial charge in [-0.2, -0.15) is 0 Å². The maximum Gasteiger partial charge on any atom is 0.257 e. The molecule has 148 valence electrons. The number of methoxy groups -OCH3 is 1. The predicted octanol–water partition coefficient (Wildman–Crippen LogP) is 5.15. The number of hydrogen-bond acceptors (Lipinski definition) is 3. The molecule has 1 aliphatic rings. The molecule has 0 unspecified atom stereocenters. The van der Waals surface area contributed by atoms with Crippen molar-refractivity contribution in [3.8, 4) is 5.75 Å². The minimum Gasteiger partial charge on any atom is -0.496 e. The zero-order chi connectivity index (χ0) is 20.3. The Kier molecular flexibility index (Phi) is 6.70. The van der Waals surface area contributed by atoms with E-state index in [9.17, 15) is 9.59 Å². The third kappa shape index (κ3) is 4.72. The van der Waals surface area contributed by atoms with Crippen LogP contribution in [0.25, 0.3) is 0 Å². The van der Waals surface area contributed by atoms with Crippen LogP contribution in [0.15, 0.2) is 36.4 Å². The first-order valence-corrected chi connectivity index (χ1v) is 9.91. The zero-order valence-electron chi connectivity index (χ0n) is 15.2. The van der Waals surface area contributed by atoms with Crippen LogP contribution in [-0.2, 0) is 4.79 Å². The Labute approximate surface area is 178 Å². The smallest absolute Gasteiger partial charge is 0.257 e. The van der Waals surface area contributed by atoms with Crippen LogP contribution >= 0.6 is 34.8 Å². The van der Waals surface area contributed by atoms with Crippen molar-refractivity contribution in [2.24, 2.45) is 5.92 Å². The van der Waals surface area contributed by atoms with Crippen LogP contribution in [0, 0.1) is 5.92 Å². The Hall–Kier alpha value is -1.95. The van der Waals surface area contributed by atoms with Crippen molar-refractivity contribution in [1.82, 2.24) is 4.90 Å². The first-order valence-electron chi connectivity index (χ1n) is 8.77. The van der Waals surface area contributed by atoms with Gasteiger partial charge in [-0.25, -0.2) is 0 Å². The molecule has 0 aliphatic carbocycles. The van der Waals surface area contributed by atoms with Crippen LogP contribution in [-0.4, -0.2) is 36.9 Å². The lowest BCUT2D eigenvalue weighted by Crippen LogP contribution is -2.41. The van der Waals surface area contributed by atoms with E-state index in [-0.39, 0.29) is 17.7 Å². The second-order valence-electron chi connectivity index (χ2n) is 6.52. The third-order valence-electron chi connectivity index (χ3n) is 4.73. The summed E-state index contributed by atoms with van der Waals surface area (Å²) in [5.74, 6) is -0.0158. The van der Waals surface area contributed by atoms with Gasteiger partial charge in [0.15, 0.2) is 0 Å². The number of anilines is 1. The van der Waals surface area contributed by atoms with E-state index in [4.69, 9.17) is 39.5 Å². The normalized spacial score (nSPS) is 14.6. The lowest BCUT2D eigenvalue weighted by atomic mass is 9.95. The van der Waals surface area contributed by atoms with E-state index in [0.717, 1.165) is 0 Å². The minimum absolute atomic E-state index is 0.128. The molecule has 28 heavy (non-hydrogen) atoms. The number of carbonyl (C=O) groups excluding carboxylic acids is 2.